The van der Waals surface area contributed by atoms with Gasteiger partial charge in [-0.1, -0.05) is 12.1 Å². The molecule has 1 atom stereocenters. The van der Waals surface area contributed by atoms with E-state index in [0.717, 1.165) is 25.7 Å². The zero-order chi connectivity index (χ0) is 21.0. The Labute approximate surface area is 178 Å². The lowest BCUT2D eigenvalue weighted by atomic mass is 9.78. The van der Waals surface area contributed by atoms with Crippen LogP contribution in [0, 0.1) is 5.92 Å². The van der Waals surface area contributed by atoms with Crippen molar-refractivity contribution in [2.75, 3.05) is 53.1 Å². The summed E-state index contributed by atoms with van der Waals surface area (Å²) in [7, 11) is 1.59. The number of carbonyl (C=O) groups is 2. The van der Waals surface area contributed by atoms with Crippen LogP contribution in [0.5, 0.6) is 5.75 Å². The molecule has 30 heavy (non-hydrogen) atoms. The molecule has 3 heterocycles. The number of rotatable bonds is 4. The fraction of sp³-hybridized carbons (Fsp3) is 0.652. The van der Waals surface area contributed by atoms with Gasteiger partial charge in [0.25, 0.3) is 5.91 Å². The number of methoxy groups -OCH3 is 1. The summed E-state index contributed by atoms with van der Waals surface area (Å²) in [4.78, 5) is 29.5. The van der Waals surface area contributed by atoms with Crippen LogP contribution in [-0.2, 0) is 14.3 Å². The number of hydrogen-bond acceptors (Lipinski definition) is 5. The van der Waals surface area contributed by atoms with Crippen LogP contribution in [0.1, 0.15) is 42.5 Å². The van der Waals surface area contributed by atoms with E-state index in [1.807, 2.05) is 34.1 Å². The van der Waals surface area contributed by atoms with Crippen LogP contribution in [0.25, 0.3) is 0 Å². The normalized spacial score (nSPS) is 24.0. The van der Waals surface area contributed by atoms with Gasteiger partial charge in [0.2, 0.25) is 5.91 Å². The Morgan fingerprint density at radius 2 is 1.80 bits per heavy atom. The van der Waals surface area contributed by atoms with Gasteiger partial charge in [-0.15, -0.1) is 0 Å². The van der Waals surface area contributed by atoms with E-state index in [1.165, 1.54) is 0 Å². The molecule has 3 aliphatic heterocycles. The topological polar surface area (TPSA) is 68.3 Å². The minimum Gasteiger partial charge on any atom is -0.496 e. The molecule has 0 bridgehead atoms. The molecule has 1 spiro atoms. The molecule has 0 aromatic heterocycles. The fourth-order valence-electron chi connectivity index (χ4n) is 4.95. The molecule has 3 aliphatic rings. The van der Waals surface area contributed by atoms with E-state index in [4.69, 9.17) is 14.2 Å². The SMILES string of the molecule is COc1ccccc1C(=O)N1CCC2(CC1)CC(CC(=O)N1CCOCC1)CCO2. The van der Waals surface area contributed by atoms with Crippen molar-refractivity contribution < 1.29 is 23.8 Å². The average molecular weight is 417 g/mol. The molecule has 3 saturated heterocycles. The second-order valence-corrected chi connectivity index (χ2v) is 8.58. The van der Waals surface area contributed by atoms with Gasteiger partial charge in [-0.2, -0.15) is 0 Å². The minimum absolute atomic E-state index is 0.0113. The van der Waals surface area contributed by atoms with E-state index < -0.39 is 0 Å². The van der Waals surface area contributed by atoms with Crippen LogP contribution in [0.4, 0.5) is 0 Å². The Morgan fingerprint density at radius 1 is 1.07 bits per heavy atom. The number of morpholine rings is 1. The molecule has 0 N–H and O–H groups in total. The third-order valence-corrected chi connectivity index (χ3v) is 6.72. The lowest BCUT2D eigenvalue weighted by Crippen LogP contribution is -2.51. The van der Waals surface area contributed by atoms with Crippen molar-refractivity contribution in [3.05, 3.63) is 29.8 Å². The molecular formula is C23H32N2O5. The predicted molar refractivity (Wildman–Crippen MR) is 112 cm³/mol. The summed E-state index contributed by atoms with van der Waals surface area (Å²) in [6.07, 6.45) is 4.06. The molecule has 1 aromatic carbocycles. The lowest BCUT2D eigenvalue weighted by Gasteiger charge is -2.46. The Bertz CT molecular complexity index is 754. The Hall–Kier alpha value is -2.12. The highest BCUT2D eigenvalue weighted by molar-refractivity contribution is 5.97. The summed E-state index contributed by atoms with van der Waals surface area (Å²) in [5.41, 5.74) is 0.403. The zero-order valence-corrected chi connectivity index (χ0v) is 17.8. The zero-order valence-electron chi connectivity index (χ0n) is 17.8. The number of benzene rings is 1. The van der Waals surface area contributed by atoms with E-state index in [1.54, 1.807) is 7.11 Å². The van der Waals surface area contributed by atoms with Crippen molar-refractivity contribution in [1.82, 2.24) is 9.80 Å². The van der Waals surface area contributed by atoms with Crippen molar-refractivity contribution in [3.8, 4) is 5.75 Å². The molecule has 7 nitrogen and oxygen atoms in total. The summed E-state index contributed by atoms with van der Waals surface area (Å²) in [5.74, 6) is 1.21. The maximum Gasteiger partial charge on any atom is 0.257 e. The molecule has 1 unspecified atom stereocenters. The third-order valence-electron chi connectivity index (χ3n) is 6.72. The largest absolute Gasteiger partial charge is 0.496 e. The highest BCUT2D eigenvalue weighted by Crippen LogP contribution is 2.39. The molecule has 0 aliphatic carbocycles. The highest BCUT2D eigenvalue weighted by atomic mass is 16.5. The standard InChI is InChI=1S/C23H32N2O5/c1-28-20-5-3-2-4-19(20)22(27)25-9-7-23(8-10-25)17-18(6-13-30-23)16-21(26)24-11-14-29-15-12-24/h2-5,18H,6-17H2,1H3. The molecule has 3 fully saturated rings. The monoisotopic (exact) mass is 416 g/mol. The van der Waals surface area contributed by atoms with E-state index in [-0.39, 0.29) is 17.4 Å². The van der Waals surface area contributed by atoms with Gasteiger partial charge in [-0.05, 0) is 43.7 Å². The van der Waals surface area contributed by atoms with E-state index >= 15 is 0 Å². The Morgan fingerprint density at radius 3 is 2.53 bits per heavy atom. The van der Waals surface area contributed by atoms with Crippen LogP contribution >= 0.6 is 0 Å². The molecule has 0 saturated carbocycles. The third kappa shape index (κ3) is 4.62. The van der Waals surface area contributed by atoms with Gasteiger partial charge in [-0.3, -0.25) is 9.59 Å². The van der Waals surface area contributed by atoms with Crippen LogP contribution < -0.4 is 4.74 Å². The molecule has 0 radical (unpaired) electrons. The number of likely N-dealkylation sites (tertiary alicyclic amines) is 1. The van der Waals surface area contributed by atoms with Gasteiger partial charge in [0, 0.05) is 39.2 Å². The highest BCUT2D eigenvalue weighted by Gasteiger charge is 2.42. The number of hydrogen-bond donors (Lipinski definition) is 0. The number of nitrogens with zero attached hydrogens (tertiary/aromatic N) is 2. The predicted octanol–water partition coefficient (Wildman–Crippen LogP) is 2.35. The molecular weight excluding hydrogens is 384 g/mol. The number of carbonyl (C=O) groups excluding carboxylic acids is 2. The first kappa shape index (κ1) is 21.1. The quantitative estimate of drug-likeness (QED) is 0.754. The van der Waals surface area contributed by atoms with Crippen molar-refractivity contribution >= 4 is 11.8 Å². The fourth-order valence-corrected chi connectivity index (χ4v) is 4.95. The number of piperidine rings is 1. The van der Waals surface area contributed by atoms with Crippen molar-refractivity contribution in [2.45, 2.75) is 37.7 Å². The first-order valence-corrected chi connectivity index (χ1v) is 11.0. The van der Waals surface area contributed by atoms with Crippen LogP contribution in [0.2, 0.25) is 0 Å². The summed E-state index contributed by atoms with van der Waals surface area (Å²) in [5, 5.41) is 0. The van der Waals surface area contributed by atoms with Gasteiger partial charge >= 0.3 is 0 Å². The lowest BCUT2D eigenvalue weighted by molar-refractivity contribution is -0.143. The maximum atomic E-state index is 13.0. The summed E-state index contributed by atoms with van der Waals surface area (Å²) >= 11 is 0. The molecule has 4 rings (SSSR count). The van der Waals surface area contributed by atoms with Crippen LogP contribution in [0.15, 0.2) is 24.3 Å². The van der Waals surface area contributed by atoms with Gasteiger partial charge in [0.15, 0.2) is 0 Å². The first-order chi connectivity index (χ1) is 14.6. The maximum absolute atomic E-state index is 13.0. The molecule has 1 aromatic rings. The second-order valence-electron chi connectivity index (χ2n) is 8.58. The van der Waals surface area contributed by atoms with E-state index in [0.29, 0.717) is 69.7 Å². The van der Waals surface area contributed by atoms with Gasteiger partial charge in [0.05, 0.1) is 31.5 Å². The van der Waals surface area contributed by atoms with Crippen LogP contribution in [0.3, 0.4) is 0 Å². The molecule has 164 valence electrons. The first-order valence-electron chi connectivity index (χ1n) is 11.0. The van der Waals surface area contributed by atoms with Gasteiger partial charge in [0.1, 0.15) is 5.75 Å². The van der Waals surface area contributed by atoms with Crippen molar-refractivity contribution in [2.24, 2.45) is 5.92 Å². The Balaban J connectivity index is 1.33. The molecule has 2 amide bonds. The summed E-state index contributed by atoms with van der Waals surface area (Å²) < 4.78 is 16.9. The number of para-hydroxylation sites is 1. The summed E-state index contributed by atoms with van der Waals surface area (Å²) in [6.45, 7) is 4.71. The Kier molecular flexibility index (Phi) is 6.58. The second kappa shape index (κ2) is 9.35. The van der Waals surface area contributed by atoms with Gasteiger partial charge in [-0.25, -0.2) is 0 Å². The van der Waals surface area contributed by atoms with Crippen LogP contribution in [-0.4, -0.2) is 80.3 Å². The molecule has 7 heteroatoms. The number of amides is 2. The smallest absolute Gasteiger partial charge is 0.257 e. The minimum atomic E-state index is -0.203. The van der Waals surface area contributed by atoms with Gasteiger partial charge < -0.3 is 24.0 Å². The van der Waals surface area contributed by atoms with Crippen molar-refractivity contribution in [1.29, 1.82) is 0 Å². The number of ether oxygens (including phenoxy) is 3. The summed E-state index contributed by atoms with van der Waals surface area (Å²) in [6, 6.07) is 7.37. The van der Waals surface area contributed by atoms with E-state index in [2.05, 4.69) is 0 Å². The van der Waals surface area contributed by atoms with Crippen molar-refractivity contribution in [3.63, 3.8) is 0 Å². The van der Waals surface area contributed by atoms with E-state index in [9.17, 15) is 9.59 Å². The average Bonchev–Trinajstić information content (AvgIpc) is 2.80.